The van der Waals surface area contributed by atoms with Gasteiger partial charge in [0.2, 0.25) is 0 Å². The van der Waals surface area contributed by atoms with Gasteiger partial charge in [0.25, 0.3) is 0 Å². The Morgan fingerprint density at radius 1 is 1.42 bits per heavy atom. The van der Waals surface area contributed by atoms with Crippen molar-refractivity contribution < 1.29 is 0 Å². The summed E-state index contributed by atoms with van der Waals surface area (Å²) >= 11 is 7.83. The molecule has 0 unspecified atom stereocenters. The molecule has 1 saturated carbocycles. The molecule has 0 atom stereocenters. The Labute approximate surface area is 122 Å². The van der Waals surface area contributed by atoms with E-state index in [-0.39, 0.29) is 0 Å². The molecule has 5 heteroatoms. The minimum atomic E-state index is 0.542. The third-order valence-corrected chi connectivity index (χ3v) is 4.46. The molecule has 100 valence electrons. The van der Waals surface area contributed by atoms with Gasteiger partial charge in [-0.25, -0.2) is 9.97 Å². The maximum Gasteiger partial charge on any atom is 0.134 e. The normalized spacial score (nSPS) is 14.6. The average Bonchev–Trinajstić information content (AvgIpc) is 3.18. The average molecular weight is 294 g/mol. The highest BCUT2D eigenvalue weighted by Gasteiger charge is 2.27. The number of nitrogens with zero attached hydrogens (tertiary/aromatic N) is 2. The largest absolute Gasteiger partial charge is 0.370 e. The molecule has 0 aliphatic heterocycles. The molecule has 2 aromatic rings. The number of aromatic nitrogens is 2. The second kappa shape index (κ2) is 5.47. The van der Waals surface area contributed by atoms with Gasteiger partial charge in [-0.15, -0.1) is 11.3 Å². The summed E-state index contributed by atoms with van der Waals surface area (Å²) in [6.45, 7) is 3.08. The molecule has 1 fully saturated rings. The van der Waals surface area contributed by atoms with Crippen LogP contribution in [0.15, 0.2) is 17.5 Å². The number of hydrogen-bond donors (Lipinski definition) is 1. The zero-order valence-corrected chi connectivity index (χ0v) is 12.4. The third-order valence-electron chi connectivity index (χ3n) is 3.09. The van der Waals surface area contributed by atoms with E-state index in [0.29, 0.717) is 5.92 Å². The molecular weight excluding hydrogens is 278 g/mol. The monoisotopic (exact) mass is 293 g/mol. The molecule has 3 nitrogen and oxygen atoms in total. The van der Waals surface area contributed by atoms with Crippen molar-refractivity contribution in [1.82, 2.24) is 9.97 Å². The fourth-order valence-electron chi connectivity index (χ4n) is 1.93. The van der Waals surface area contributed by atoms with Crippen molar-refractivity contribution in [3.8, 4) is 10.6 Å². The number of rotatable bonds is 5. The van der Waals surface area contributed by atoms with Crippen molar-refractivity contribution >= 4 is 28.8 Å². The molecule has 0 saturated heterocycles. The molecule has 0 bridgehead atoms. The highest BCUT2D eigenvalue weighted by Crippen LogP contribution is 2.40. The first-order chi connectivity index (χ1) is 9.28. The summed E-state index contributed by atoms with van der Waals surface area (Å²) in [7, 11) is 0. The van der Waals surface area contributed by atoms with Crippen molar-refractivity contribution in [2.75, 3.05) is 11.9 Å². The van der Waals surface area contributed by atoms with E-state index in [1.165, 1.54) is 12.8 Å². The quantitative estimate of drug-likeness (QED) is 0.878. The molecule has 0 aromatic carbocycles. The van der Waals surface area contributed by atoms with E-state index in [0.717, 1.165) is 40.2 Å². The fraction of sp³-hybridized carbons (Fsp3) is 0.429. The minimum absolute atomic E-state index is 0.542. The second-order valence-corrected chi connectivity index (χ2v) is 6.12. The van der Waals surface area contributed by atoms with Gasteiger partial charge in [0.15, 0.2) is 0 Å². The summed E-state index contributed by atoms with van der Waals surface area (Å²) in [5, 5.41) is 6.12. The van der Waals surface area contributed by atoms with Crippen LogP contribution in [0.3, 0.4) is 0 Å². The number of anilines is 1. The van der Waals surface area contributed by atoms with Crippen LogP contribution >= 0.6 is 22.9 Å². The molecule has 0 spiro atoms. The molecule has 3 rings (SSSR count). The maximum absolute atomic E-state index is 6.21. The van der Waals surface area contributed by atoms with E-state index in [2.05, 4.69) is 22.2 Å². The predicted molar refractivity (Wildman–Crippen MR) is 81.1 cm³/mol. The Morgan fingerprint density at radius 3 is 2.89 bits per heavy atom. The molecular formula is C14H16ClN3S. The number of halogens is 1. The number of thiophene rings is 1. The smallest absolute Gasteiger partial charge is 0.134 e. The summed E-state index contributed by atoms with van der Waals surface area (Å²) in [6, 6.07) is 3.92. The van der Waals surface area contributed by atoms with Gasteiger partial charge in [-0.2, -0.15) is 0 Å². The highest BCUT2D eigenvalue weighted by atomic mass is 35.5. The van der Waals surface area contributed by atoms with Crippen LogP contribution < -0.4 is 5.32 Å². The lowest BCUT2D eigenvalue weighted by Crippen LogP contribution is -2.05. The van der Waals surface area contributed by atoms with E-state index in [1.54, 1.807) is 11.3 Å². The lowest BCUT2D eigenvalue weighted by Gasteiger charge is -2.08. The number of hydrogen-bond acceptors (Lipinski definition) is 4. The van der Waals surface area contributed by atoms with Gasteiger partial charge in [-0.3, -0.25) is 0 Å². The van der Waals surface area contributed by atoms with Crippen LogP contribution in [0.4, 0.5) is 5.82 Å². The Kier molecular flexibility index (Phi) is 3.71. The second-order valence-electron chi connectivity index (χ2n) is 4.80. The molecule has 19 heavy (non-hydrogen) atoms. The SMILES string of the molecule is CCCNc1cc(-c2sccc2Cl)nc(C2CC2)n1. The van der Waals surface area contributed by atoms with Gasteiger partial charge in [-0.1, -0.05) is 18.5 Å². The van der Waals surface area contributed by atoms with Gasteiger partial charge in [0.1, 0.15) is 11.6 Å². The van der Waals surface area contributed by atoms with Crippen molar-refractivity contribution in [3.05, 3.63) is 28.4 Å². The molecule has 0 amide bonds. The lowest BCUT2D eigenvalue weighted by molar-refractivity contribution is 0.912. The van der Waals surface area contributed by atoms with Crippen LogP contribution in [-0.4, -0.2) is 16.5 Å². The summed E-state index contributed by atoms with van der Waals surface area (Å²) in [5.41, 5.74) is 0.940. The predicted octanol–water partition coefficient (Wildman–Crippen LogP) is 4.56. The van der Waals surface area contributed by atoms with Gasteiger partial charge in [0, 0.05) is 18.5 Å². The zero-order valence-electron chi connectivity index (χ0n) is 10.8. The van der Waals surface area contributed by atoms with E-state index < -0.39 is 0 Å². The van der Waals surface area contributed by atoms with Crippen LogP contribution in [0.1, 0.15) is 37.9 Å². The van der Waals surface area contributed by atoms with Crippen LogP contribution in [0.2, 0.25) is 5.02 Å². The summed E-state index contributed by atoms with van der Waals surface area (Å²) < 4.78 is 0. The topological polar surface area (TPSA) is 37.8 Å². The Balaban J connectivity index is 1.98. The molecule has 1 aliphatic rings. The molecule has 2 aromatic heterocycles. The van der Waals surface area contributed by atoms with Crippen LogP contribution in [0, 0.1) is 0 Å². The van der Waals surface area contributed by atoms with Crippen LogP contribution in [0.5, 0.6) is 0 Å². The summed E-state index contributed by atoms with van der Waals surface area (Å²) in [5.74, 6) is 2.42. The molecule has 1 aliphatic carbocycles. The molecule has 0 radical (unpaired) electrons. The summed E-state index contributed by atoms with van der Waals surface area (Å²) in [4.78, 5) is 10.3. The van der Waals surface area contributed by atoms with Crippen LogP contribution in [-0.2, 0) is 0 Å². The van der Waals surface area contributed by atoms with Crippen molar-refractivity contribution in [3.63, 3.8) is 0 Å². The van der Waals surface area contributed by atoms with E-state index in [4.69, 9.17) is 11.6 Å². The number of nitrogens with one attached hydrogen (secondary N) is 1. The van der Waals surface area contributed by atoms with Gasteiger partial charge in [0.05, 0.1) is 15.6 Å². The third kappa shape index (κ3) is 2.90. The van der Waals surface area contributed by atoms with E-state index in [9.17, 15) is 0 Å². The van der Waals surface area contributed by atoms with Gasteiger partial charge in [-0.05, 0) is 30.7 Å². The zero-order chi connectivity index (χ0) is 13.2. The standard InChI is InChI=1S/C14H16ClN3S/c1-2-6-16-12-8-11(13-10(15)5-7-19-13)17-14(18-12)9-3-4-9/h5,7-9H,2-4,6H2,1H3,(H,16,17,18). The van der Waals surface area contributed by atoms with Crippen molar-refractivity contribution in [2.24, 2.45) is 0 Å². The molecule has 1 N–H and O–H groups in total. The summed E-state index contributed by atoms with van der Waals surface area (Å²) in [6.07, 6.45) is 3.49. The highest BCUT2D eigenvalue weighted by molar-refractivity contribution is 7.14. The van der Waals surface area contributed by atoms with E-state index in [1.807, 2.05) is 17.5 Å². The van der Waals surface area contributed by atoms with Crippen molar-refractivity contribution in [1.29, 1.82) is 0 Å². The first kappa shape index (κ1) is 12.9. The fourth-order valence-corrected chi connectivity index (χ4v) is 3.04. The van der Waals surface area contributed by atoms with Gasteiger partial charge < -0.3 is 5.32 Å². The Bertz CT molecular complexity index is 578. The molecule has 2 heterocycles. The van der Waals surface area contributed by atoms with Crippen LogP contribution in [0.25, 0.3) is 10.6 Å². The van der Waals surface area contributed by atoms with E-state index >= 15 is 0 Å². The minimum Gasteiger partial charge on any atom is -0.370 e. The Morgan fingerprint density at radius 2 is 2.26 bits per heavy atom. The van der Waals surface area contributed by atoms with Crippen molar-refractivity contribution in [2.45, 2.75) is 32.1 Å². The first-order valence-corrected chi connectivity index (χ1v) is 7.90. The first-order valence-electron chi connectivity index (χ1n) is 6.64. The lowest BCUT2D eigenvalue weighted by atomic mass is 10.3. The Hall–Kier alpha value is -1.13. The maximum atomic E-state index is 6.21. The van der Waals surface area contributed by atoms with Gasteiger partial charge >= 0.3 is 0 Å².